The Bertz CT molecular complexity index is 27.3. The summed E-state index contributed by atoms with van der Waals surface area (Å²) in [7, 11) is 0. The molecule has 1 heterocycles. The van der Waals surface area contributed by atoms with Gasteiger partial charge in [0.2, 0.25) is 0 Å². The minimum absolute atomic E-state index is 0. The van der Waals surface area contributed by atoms with Gasteiger partial charge in [-0.05, 0) is 6.10 Å². The van der Waals surface area contributed by atoms with E-state index in [1.807, 2.05) is 0 Å². The fourth-order valence-electron chi connectivity index (χ4n) is 0.0680. The maximum absolute atomic E-state index is 4.60. The van der Waals surface area contributed by atoms with E-state index in [0.717, 1.165) is 6.61 Å². The van der Waals surface area contributed by atoms with Crippen LogP contribution < -0.4 is 0 Å². The van der Waals surface area contributed by atoms with Crippen LogP contribution in [0.5, 0.6) is 0 Å². The molecule has 1 atom stereocenters. The molecule has 0 N–H and O–H groups in total. The second-order valence-electron chi connectivity index (χ2n) is 0.955. The molecule has 1 fully saturated rings. The first-order chi connectivity index (χ1) is 2.89. The molecule has 0 saturated carbocycles. The molecule has 2 heteroatoms. The van der Waals surface area contributed by atoms with Gasteiger partial charge in [0.25, 0.3) is 0 Å². The van der Waals surface area contributed by atoms with Crippen LogP contribution in [0.2, 0.25) is 0 Å². The van der Waals surface area contributed by atoms with E-state index in [1.165, 1.54) is 0 Å². The zero-order valence-corrected chi connectivity index (χ0v) is 7.52. The minimum Gasteiger partial charge on any atom is -0.408 e. The molecule has 0 aromatic heterocycles. The summed E-state index contributed by atoms with van der Waals surface area (Å²) in [5.74, 6) is 0. The summed E-state index contributed by atoms with van der Waals surface area (Å²) in [6.45, 7) is 9.40. The van der Waals surface area contributed by atoms with Crippen molar-refractivity contribution in [1.29, 1.82) is 0 Å². The van der Waals surface area contributed by atoms with Crippen molar-refractivity contribution in [2.24, 2.45) is 0 Å². The van der Waals surface area contributed by atoms with Crippen LogP contribution in [0.3, 0.4) is 0 Å². The van der Waals surface area contributed by atoms with Gasteiger partial charge in [0.1, 0.15) is 0 Å². The van der Waals surface area contributed by atoms with Crippen LogP contribution in [0.25, 0.3) is 0 Å². The fourth-order valence-corrected chi connectivity index (χ4v) is 0.0680. The minimum atomic E-state index is 0. The van der Waals surface area contributed by atoms with Crippen LogP contribution in [0, 0.1) is 13.8 Å². The van der Waals surface area contributed by atoms with E-state index in [-0.39, 0.29) is 32.7 Å². The van der Waals surface area contributed by atoms with Gasteiger partial charge in [0.05, 0.1) is 0 Å². The molecule has 1 aliphatic rings. The van der Waals surface area contributed by atoms with Gasteiger partial charge in [0, 0.05) is 39.3 Å². The average Bonchev–Trinajstić information content (AvgIpc) is 2.30. The summed E-state index contributed by atoms with van der Waals surface area (Å²) in [5.41, 5.74) is 0. The van der Waals surface area contributed by atoms with Gasteiger partial charge in [-0.3, -0.25) is 0 Å². The molecule has 1 aliphatic heterocycles. The average molecular weight is 175 g/mol. The first-order valence-corrected chi connectivity index (χ1v) is 2.05. The van der Waals surface area contributed by atoms with E-state index in [2.05, 4.69) is 18.6 Å². The quantitative estimate of drug-likeness (QED) is 0.396. The van der Waals surface area contributed by atoms with Crippen molar-refractivity contribution in [3.8, 4) is 0 Å². The van der Waals surface area contributed by atoms with E-state index in [0.29, 0.717) is 6.10 Å². The Morgan fingerprint density at radius 2 is 1.71 bits per heavy atom. The number of hydrogen-bond acceptors (Lipinski definition) is 1. The third kappa shape index (κ3) is 11.0. The monoisotopic (exact) mass is 175 g/mol. The molecule has 1 saturated heterocycles. The maximum Gasteiger partial charge on any atom is 0.0414 e. The van der Waals surface area contributed by atoms with Crippen molar-refractivity contribution in [3.63, 3.8) is 0 Å². The van der Waals surface area contributed by atoms with Gasteiger partial charge in [-0.2, -0.15) is 6.92 Å². The molecule has 1 radical (unpaired) electrons. The van der Waals surface area contributed by atoms with Gasteiger partial charge in [-0.1, -0.05) is 0 Å². The smallest absolute Gasteiger partial charge is 0.0414 e. The largest absolute Gasteiger partial charge is 0.408 e. The molecule has 7 heavy (non-hydrogen) atoms. The standard InChI is InChI=1S/C3H5O.C2H5.Y/c1-3-2-4-3;1-2;/h3H,1-2H2;1H2,2H3;/q2*-1;. The Balaban J connectivity index is 0. The molecule has 1 nitrogen and oxygen atoms in total. The van der Waals surface area contributed by atoms with Gasteiger partial charge < -0.3 is 18.6 Å². The van der Waals surface area contributed by atoms with E-state index in [9.17, 15) is 0 Å². The van der Waals surface area contributed by atoms with Crippen molar-refractivity contribution in [1.82, 2.24) is 0 Å². The van der Waals surface area contributed by atoms with Crippen molar-refractivity contribution in [3.05, 3.63) is 13.8 Å². The molecular formula is C5H10OY-2. The van der Waals surface area contributed by atoms with Crippen molar-refractivity contribution in [2.75, 3.05) is 6.61 Å². The van der Waals surface area contributed by atoms with Crippen LogP contribution in [0.4, 0.5) is 0 Å². The summed E-state index contributed by atoms with van der Waals surface area (Å²) >= 11 is 0. The van der Waals surface area contributed by atoms with Gasteiger partial charge in [-0.15, -0.1) is 0 Å². The Labute approximate surface area is 70.7 Å². The normalized spacial score (nSPS) is 23.6. The second-order valence-corrected chi connectivity index (χ2v) is 0.955. The maximum atomic E-state index is 4.60. The van der Waals surface area contributed by atoms with Gasteiger partial charge in [-0.25, -0.2) is 0 Å². The SMILES string of the molecule is [CH2-]C.[CH2-]C1CO1.[Y]. The molecule has 41 valence electrons. The first-order valence-electron chi connectivity index (χ1n) is 2.05. The zero-order valence-electron chi connectivity index (χ0n) is 4.68. The Morgan fingerprint density at radius 1 is 1.57 bits per heavy atom. The number of epoxide rings is 1. The van der Waals surface area contributed by atoms with Crippen LogP contribution in [-0.2, 0) is 37.4 Å². The summed E-state index contributed by atoms with van der Waals surface area (Å²) < 4.78 is 4.60. The first kappa shape index (κ1) is 10.9. The second kappa shape index (κ2) is 7.06. The zero-order chi connectivity index (χ0) is 4.99. The Kier molecular flexibility index (Phi) is 11.0. The third-order valence-corrected chi connectivity index (χ3v) is 0.402. The Hall–Kier alpha value is 1.06. The van der Waals surface area contributed by atoms with Crippen molar-refractivity contribution in [2.45, 2.75) is 13.0 Å². The van der Waals surface area contributed by atoms with E-state index in [4.69, 9.17) is 0 Å². The number of rotatable bonds is 0. The topological polar surface area (TPSA) is 12.5 Å². The molecule has 0 bridgehead atoms. The predicted octanol–water partition coefficient (Wildman–Crippen LogP) is 1.06. The molecule has 0 aliphatic carbocycles. The van der Waals surface area contributed by atoms with E-state index < -0.39 is 0 Å². The van der Waals surface area contributed by atoms with E-state index >= 15 is 0 Å². The summed E-state index contributed by atoms with van der Waals surface area (Å²) in [6, 6.07) is 0. The van der Waals surface area contributed by atoms with Crippen LogP contribution in [-0.4, -0.2) is 12.7 Å². The summed E-state index contributed by atoms with van der Waals surface area (Å²) in [5, 5.41) is 0. The van der Waals surface area contributed by atoms with Crippen LogP contribution in [0.1, 0.15) is 6.92 Å². The van der Waals surface area contributed by atoms with Gasteiger partial charge >= 0.3 is 0 Å². The summed E-state index contributed by atoms with van der Waals surface area (Å²) in [4.78, 5) is 0. The number of hydrogen-bond donors (Lipinski definition) is 0. The van der Waals surface area contributed by atoms with Crippen molar-refractivity contribution < 1.29 is 37.4 Å². The molecular weight excluding hydrogens is 165 g/mol. The molecule has 0 spiro atoms. The molecule has 1 rings (SSSR count). The van der Waals surface area contributed by atoms with E-state index in [1.54, 1.807) is 6.92 Å². The Morgan fingerprint density at radius 3 is 1.71 bits per heavy atom. The van der Waals surface area contributed by atoms with Gasteiger partial charge in [0.15, 0.2) is 0 Å². The fraction of sp³-hybridized carbons (Fsp3) is 0.600. The number of ether oxygens (including phenoxy) is 1. The summed E-state index contributed by atoms with van der Waals surface area (Å²) in [6.07, 6.45) is 0.333. The molecule has 0 aromatic carbocycles. The molecule has 0 aromatic rings. The molecule has 1 unspecified atom stereocenters. The third-order valence-electron chi connectivity index (χ3n) is 0.402. The van der Waals surface area contributed by atoms with Crippen LogP contribution >= 0.6 is 0 Å². The van der Waals surface area contributed by atoms with Crippen LogP contribution in [0.15, 0.2) is 0 Å². The van der Waals surface area contributed by atoms with Crippen molar-refractivity contribution >= 4 is 0 Å². The molecule has 0 amide bonds. The predicted molar refractivity (Wildman–Crippen MR) is 26.1 cm³/mol.